The van der Waals surface area contributed by atoms with E-state index >= 15 is 0 Å². The summed E-state index contributed by atoms with van der Waals surface area (Å²) in [6.07, 6.45) is -0.124. The molecule has 0 bridgehead atoms. The van der Waals surface area contributed by atoms with Crippen molar-refractivity contribution >= 4 is 5.78 Å². The third kappa shape index (κ3) is 4.08. The number of rotatable bonds is 5. The fourth-order valence-electron chi connectivity index (χ4n) is 2.05. The highest BCUT2D eigenvalue weighted by molar-refractivity contribution is 5.83. The van der Waals surface area contributed by atoms with Gasteiger partial charge < -0.3 is 4.74 Å². The van der Waals surface area contributed by atoms with Crippen LogP contribution in [-0.2, 0) is 17.6 Å². The van der Waals surface area contributed by atoms with Crippen LogP contribution in [0.1, 0.15) is 11.1 Å². The van der Waals surface area contributed by atoms with Crippen LogP contribution in [-0.4, -0.2) is 12.9 Å². The molecule has 0 radical (unpaired) electrons. The van der Waals surface area contributed by atoms with Gasteiger partial charge in [-0.3, -0.25) is 4.79 Å². The second kappa shape index (κ2) is 6.43. The summed E-state index contributed by atoms with van der Waals surface area (Å²) in [6, 6.07) is 7.17. The van der Waals surface area contributed by atoms with Crippen LogP contribution in [0.5, 0.6) is 5.75 Å². The molecule has 0 atom stereocenters. The molecule has 2 nitrogen and oxygen atoms in total. The molecule has 0 aliphatic heterocycles. The maximum absolute atomic E-state index is 13.5. The lowest BCUT2D eigenvalue weighted by Crippen LogP contribution is -2.07. The van der Waals surface area contributed by atoms with Gasteiger partial charge in [0, 0.05) is 18.9 Å². The predicted octanol–water partition coefficient (Wildman–Crippen LogP) is 3.47. The zero-order valence-corrected chi connectivity index (χ0v) is 11.3. The average molecular weight is 294 g/mol. The second-order valence-electron chi connectivity index (χ2n) is 4.64. The van der Waals surface area contributed by atoms with E-state index in [2.05, 4.69) is 0 Å². The van der Waals surface area contributed by atoms with E-state index in [1.165, 1.54) is 19.2 Å². The quantitative estimate of drug-likeness (QED) is 0.844. The van der Waals surface area contributed by atoms with Gasteiger partial charge in [-0.15, -0.1) is 0 Å². The normalized spacial score (nSPS) is 10.5. The van der Waals surface area contributed by atoms with Crippen LogP contribution in [0.25, 0.3) is 0 Å². The number of benzene rings is 2. The number of halogens is 3. The zero-order valence-electron chi connectivity index (χ0n) is 11.3. The average Bonchev–Trinajstić information content (AvgIpc) is 2.37. The van der Waals surface area contributed by atoms with Crippen LogP contribution in [0.2, 0.25) is 0 Å². The van der Waals surface area contributed by atoms with Gasteiger partial charge in [-0.05, 0) is 35.4 Å². The number of hydrogen-bond acceptors (Lipinski definition) is 2. The van der Waals surface area contributed by atoms with Gasteiger partial charge in [0.25, 0.3) is 0 Å². The maximum Gasteiger partial charge on any atom is 0.165 e. The van der Waals surface area contributed by atoms with Crippen molar-refractivity contribution < 1.29 is 22.7 Å². The molecule has 0 aromatic heterocycles. The molecular weight excluding hydrogens is 281 g/mol. The number of carbonyl (C=O) groups excluding carboxylic acids is 1. The van der Waals surface area contributed by atoms with E-state index in [9.17, 15) is 18.0 Å². The van der Waals surface area contributed by atoms with Gasteiger partial charge in [0.2, 0.25) is 0 Å². The van der Waals surface area contributed by atoms with E-state index in [0.29, 0.717) is 5.56 Å². The monoisotopic (exact) mass is 294 g/mol. The van der Waals surface area contributed by atoms with Crippen molar-refractivity contribution in [2.45, 2.75) is 12.8 Å². The summed E-state index contributed by atoms with van der Waals surface area (Å²) in [5.74, 6) is -2.18. The molecule has 2 rings (SSSR count). The highest BCUT2D eigenvalue weighted by atomic mass is 19.1. The van der Waals surface area contributed by atoms with Gasteiger partial charge >= 0.3 is 0 Å². The Balaban J connectivity index is 2.06. The zero-order chi connectivity index (χ0) is 15.4. The number of ether oxygens (including phenoxy) is 1. The van der Waals surface area contributed by atoms with Gasteiger partial charge in [0.05, 0.1) is 7.11 Å². The Bertz CT molecular complexity index is 648. The molecule has 2 aromatic carbocycles. The summed E-state index contributed by atoms with van der Waals surface area (Å²) in [4.78, 5) is 11.9. The number of hydrogen-bond donors (Lipinski definition) is 0. The van der Waals surface area contributed by atoms with Gasteiger partial charge in [-0.2, -0.15) is 0 Å². The molecule has 0 unspecified atom stereocenters. The summed E-state index contributed by atoms with van der Waals surface area (Å²) < 4.78 is 44.3. The third-order valence-electron chi connectivity index (χ3n) is 2.94. The lowest BCUT2D eigenvalue weighted by molar-refractivity contribution is -0.117. The fourth-order valence-corrected chi connectivity index (χ4v) is 2.05. The highest BCUT2D eigenvalue weighted by Crippen LogP contribution is 2.18. The van der Waals surface area contributed by atoms with Crippen LogP contribution >= 0.6 is 0 Å². The van der Waals surface area contributed by atoms with Crippen molar-refractivity contribution in [3.05, 3.63) is 65.0 Å². The molecule has 0 heterocycles. The van der Waals surface area contributed by atoms with Crippen molar-refractivity contribution in [2.75, 3.05) is 7.11 Å². The minimum absolute atomic E-state index is 0.0148. The molecule has 2 aromatic rings. The van der Waals surface area contributed by atoms with E-state index in [1.807, 2.05) is 0 Å². The number of Topliss-reactive ketones (excluding diaryl/α,β-unsaturated/α-hetero) is 1. The summed E-state index contributed by atoms with van der Waals surface area (Å²) in [5.41, 5.74) is 0.738. The van der Waals surface area contributed by atoms with E-state index in [1.54, 1.807) is 6.07 Å². The van der Waals surface area contributed by atoms with Crippen molar-refractivity contribution in [3.63, 3.8) is 0 Å². The predicted molar refractivity (Wildman–Crippen MR) is 71.7 cm³/mol. The molecule has 0 spiro atoms. The smallest absolute Gasteiger partial charge is 0.165 e. The van der Waals surface area contributed by atoms with Crippen molar-refractivity contribution in [2.24, 2.45) is 0 Å². The number of carbonyl (C=O) groups is 1. The maximum atomic E-state index is 13.5. The minimum atomic E-state index is -0.728. The van der Waals surface area contributed by atoms with E-state index in [0.717, 1.165) is 18.2 Å². The summed E-state index contributed by atoms with van der Waals surface area (Å²) in [5, 5.41) is 0. The first-order chi connectivity index (χ1) is 9.97. The van der Waals surface area contributed by atoms with E-state index in [4.69, 9.17) is 4.74 Å². The molecule has 0 aliphatic rings. The molecule has 0 amide bonds. The minimum Gasteiger partial charge on any atom is -0.494 e. The molecule has 21 heavy (non-hydrogen) atoms. The molecule has 0 saturated carbocycles. The topological polar surface area (TPSA) is 26.3 Å². The van der Waals surface area contributed by atoms with Gasteiger partial charge in [0.15, 0.2) is 11.6 Å². The third-order valence-corrected chi connectivity index (χ3v) is 2.94. The van der Waals surface area contributed by atoms with Crippen LogP contribution in [0.15, 0.2) is 36.4 Å². The van der Waals surface area contributed by atoms with Crippen LogP contribution < -0.4 is 4.74 Å². The van der Waals surface area contributed by atoms with Crippen LogP contribution in [0.3, 0.4) is 0 Å². The summed E-state index contributed by atoms with van der Waals surface area (Å²) in [7, 11) is 1.35. The second-order valence-corrected chi connectivity index (χ2v) is 4.64. The molecule has 0 saturated heterocycles. The SMILES string of the molecule is COc1ccc(CC(=O)Cc2cc(F)cc(F)c2)cc1F. The lowest BCUT2D eigenvalue weighted by Gasteiger charge is -2.05. The molecule has 0 fully saturated rings. The lowest BCUT2D eigenvalue weighted by atomic mass is 10.0. The van der Waals surface area contributed by atoms with Gasteiger partial charge in [0.1, 0.15) is 17.4 Å². The first-order valence-corrected chi connectivity index (χ1v) is 6.27. The Kier molecular flexibility index (Phi) is 4.62. The molecule has 0 N–H and O–H groups in total. The Hall–Kier alpha value is -2.30. The number of methoxy groups -OCH3 is 1. The van der Waals surface area contributed by atoms with Crippen LogP contribution in [0.4, 0.5) is 13.2 Å². The van der Waals surface area contributed by atoms with E-state index < -0.39 is 17.5 Å². The van der Waals surface area contributed by atoms with Crippen molar-refractivity contribution in [1.82, 2.24) is 0 Å². The Labute approximate surface area is 120 Å². The molecular formula is C16H13F3O2. The highest BCUT2D eigenvalue weighted by Gasteiger charge is 2.10. The summed E-state index contributed by atoms with van der Waals surface area (Å²) >= 11 is 0. The standard InChI is InChI=1S/C16H13F3O2/c1-21-16-3-2-10(8-15(16)19)6-14(20)7-11-4-12(17)9-13(18)5-11/h2-5,8-9H,6-7H2,1H3. The number of ketones is 1. The first-order valence-electron chi connectivity index (χ1n) is 6.27. The molecule has 110 valence electrons. The Morgan fingerprint density at radius 2 is 1.57 bits per heavy atom. The van der Waals surface area contributed by atoms with Crippen molar-refractivity contribution in [1.29, 1.82) is 0 Å². The molecule has 0 aliphatic carbocycles. The largest absolute Gasteiger partial charge is 0.494 e. The first kappa shape index (κ1) is 15.1. The van der Waals surface area contributed by atoms with E-state index in [-0.39, 0.29) is 29.9 Å². The van der Waals surface area contributed by atoms with Crippen molar-refractivity contribution in [3.8, 4) is 5.75 Å². The fraction of sp³-hybridized carbons (Fsp3) is 0.188. The van der Waals surface area contributed by atoms with Crippen LogP contribution in [0, 0.1) is 17.5 Å². The Morgan fingerprint density at radius 3 is 2.14 bits per heavy atom. The molecule has 5 heteroatoms. The summed E-state index contributed by atoms with van der Waals surface area (Å²) in [6.45, 7) is 0. The van der Waals surface area contributed by atoms with Gasteiger partial charge in [-0.1, -0.05) is 6.07 Å². The van der Waals surface area contributed by atoms with Gasteiger partial charge in [-0.25, -0.2) is 13.2 Å². The Morgan fingerprint density at radius 1 is 0.952 bits per heavy atom.